The van der Waals surface area contributed by atoms with E-state index in [1.807, 2.05) is 0 Å². The van der Waals surface area contributed by atoms with Crippen LogP contribution in [0.15, 0.2) is 0 Å². The first-order chi connectivity index (χ1) is 14.6. The van der Waals surface area contributed by atoms with E-state index in [4.69, 9.17) is 43.0 Å². The molecule has 1 rings (SSSR count). The Balaban J connectivity index is 3.10. The highest BCUT2D eigenvalue weighted by atomic mass is 28.5. The van der Waals surface area contributed by atoms with Crippen LogP contribution in [0.25, 0.3) is 0 Å². The van der Waals surface area contributed by atoms with Gasteiger partial charge in [0.1, 0.15) is 0 Å². The molecule has 0 aromatic carbocycles. The van der Waals surface area contributed by atoms with Crippen LogP contribution in [0, 0.1) is 0 Å². The Labute approximate surface area is 200 Å². The zero-order chi connectivity index (χ0) is 24.9. The average Bonchev–Trinajstić information content (AvgIpc) is 2.68. The van der Waals surface area contributed by atoms with Crippen molar-refractivity contribution in [1.29, 1.82) is 0 Å². The predicted octanol–water partition coefficient (Wildman–Crippen LogP) is 3.37. The van der Waals surface area contributed by atoms with Gasteiger partial charge in [-0.3, -0.25) is 0 Å². The third kappa shape index (κ3) is 8.53. The average molecular weight is 565 g/mol. The standard InChI is InChI=1S/C16H44O10Si6/c1-17-31(18-2,19-3)15-13-29(11)23-27(7,8)25-30(12,26-28(9,10)24-29)14-16-32(20-4,21-5)22-6/h13-16H2,1-12H3. The minimum absolute atomic E-state index is 0.604. The second-order valence-electron chi connectivity index (χ2n) is 9.07. The van der Waals surface area contributed by atoms with Crippen molar-refractivity contribution in [3.63, 3.8) is 0 Å². The molecule has 0 radical (unpaired) electrons. The second kappa shape index (κ2) is 11.8. The fourth-order valence-corrected chi connectivity index (χ4v) is 33.0. The highest BCUT2D eigenvalue weighted by Crippen LogP contribution is 2.37. The summed E-state index contributed by atoms with van der Waals surface area (Å²) in [7, 11) is -6.28. The predicted molar refractivity (Wildman–Crippen MR) is 135 cm³/mol. The molecule has 0 spiro atoms. The molecule has 1 heterocycles. The van der Waals surface area contributed by atoms with Crippen molar-refractivity contribution in [1.82, 2.24) is 0 Å². The third-order valence-electron chi connectivity index (χ3n) is 5.48. The van der Waals surface area contributed by atoms with Crippen LogP contribution in [0.4, 0.5) is 0 Å². The second-order valence-corrected chi connectivity index (χ2v) is 29.6. The molecular formula is C16H44O10Si6. The Morgan fingerprint density at radius 1 is 0.469 bits per heavy atom. The SMILES string of the molecule is CO[Si](CC[Si]1(C)O[Si](C)(C)O[Si](C)(CC[Si](OC)(OC)OC)O[Si](C)(C)O1)(OC)OC. The van der Waals surface area contributed by atoms with Gasteiger partial charge in [-0.1, -0.05) is 0 Å². The number of rotatable bonds is 12. The number of hydrogen-bond donors (Lipinski definition) is 0. The van der Waals surface area contributed by atoms with Crippen LogP contribution in [0.1, 0.15) is 0 Å². The van der Waals surface area contributed by atoms with Crippen LogP contribution >= 0.6 is 0 Å². The van der Waals surface area contributed by atoms with Crippen molar-refractivity contribution in [3.8, 4) is 0 Å². The lowest BCUT2D eigenvalue weighted by Crippen LogP contribution is -2.66. The van der Waals surface area contributed by atoms with Gasteiger partial charge in [-0.25, -0.2) is 0 Å². The van der Waals surface area contributed by atoms with Gasteiger partial charge in [-0.05, 0) is 51.4 Å². The molecule has 16 heteroatoms. The van der Waals surface area contributed by atoms with Crippen molar-refractivity contribution in [2.75, 3.05) is 42.7 Å². The molecule has 32 heavy (non-hydrogen) atoms. The molecule has 0 saturated carbocycles. The van der Waals surface area contributed by atoms with Gasteiger partial charge < -0.3 is 43.0 Å². The smallest absolute Gasteiger partial charge is 0.416 e. The van der Waals surface area contributed by atoms with Crippen LogP contribution in [0.5, 0.6) is 0 Å². The minimum atomic E-state index is -2.75. The maximum Gasteiger partial charge on any atom is 0.500 e. The summed E-state index contributed by atoms with van der Waals surface area (Å²) >= 11 is 0. The van der Waals surface area contributed by atoms with E-state index in [9.17, 15) is 0 Å². The van der Waals surface area contributed by atoms with Crippen molar-refractivity contribution in [2.45, 2.75) is 63.5 Å². The summed E-state index contributed by atoms with van der Waals surface area (Å²) in [5.74, 6) is 0. The normalized spacial score (nSPS) is 28.9. The zero-order valence-electron chi connectivity index (χ0n) is 21.9. The quantitative estimate of drug-likeness (QED) is 0.328. The van der Waals surface area contributed by atoms with E-state index < -0.39 is 51.9 Å². The van der Waals surface area contributed by atoms with Crippen molar-refractivity contribution < 1.29 is 43.0 Å². The van der Waals surface area contributed by atoms with Crippen LogP contribution in [-0.2, 0) is 43.0 Å². The maximum absolute atomic E-state index is 6.73. The van der Waals surface area contributed by atoms with E-state index >= 15 is 0 Å². The van der Waals surface area contributed by atoms with Gasteiger partial charge >= 0.3 is 51.9 Å². The Hall–Kier alpha value is 0.901. The number of hydrogen-bond acceptors (Lipinski definition) is 10. The van der Waals surface area contributed by atoms with E-state index in [1.54, 1.807) is 42.7 Å². The maximum atomic E-state index is 6.73. The summed E-state index contributed by atoms with van der Waals surface area (Å²) in [4.78, 5) is 0. The summed E-state index contributed by atoms with van der Waals surface area (Å²) < 4.78 is 60.5. The van der Waals surface area contributed by atoms with Gasteiger partial charge in [0.25, 0.3) is 0 Å². The molecule has 192 valence electrons. The molecule has 0 aliphatic carbocycles. The van der Waals surface area contributed by atoms with Crippen LogP contribution in [0.3, 0.4) is 0 Å². The largest absolute Gasteiger partial charge is 0.500 e. The molecule has 0 atom stereocenters. The molecule has 1 saturated heterocycles. The molecule has 1 aliphatic rings. The van der Waals surface area contributed by atoms with Gasteiger partial charge in [0.05, 0.1) is 0 Å². The topological polar surface area (TPSA) is 92.3 Å². The zero-order valence-corrected chi connectivity index (χ0v) is 27.9. The molecular weight excluding hydrogens is 521 g/mol. The van der Waals surface area contributed by atoms with Crippen molar-refractivity contribution in [3.05, 3.63) is 0 Å². The van der Waals surface area contributed by atoms with Crippen LogP contribution < -0.4 is 0 Å². The van der Waals surface area contributed by atoms with Crippen molar-refractivity contribution in [2.24, 2.45) is 0 Å². The van der Waals surface area contributed by atoms with E-state index in [0.29, 0.717) is 24.2 Å². The highest BCUT2D eigenvalue weighted by Gasteiger charge is 2.56. The summed E-state index contributed by atoms with van der Waals surface area (Å²) in [6.45, 7) is 12.4. The molecule has 10 nitrogen and oxygen atoms in total. The Bertz CT molecular complexity index is 505. The summed E-state index contributed by atoms with van der Waals surface area (Å²) in [5, 5.41) is 0. The molecule has 0 amide bonds. The van der Waals surface area contributed by atoms with Gasteiger partial charge in [0.2, 0.25) is 0 Å². The van der Waals surface area contributed by atoms with Gasteiger partial charge in [-0.2, -0.15) is 0 Å². The molecule has 0 unspecified atom stereocenters. The summed E-state index contributed by atoms with van der Waals surface area (Å²) in [6, 6.07) is 2.54. The Kier molecular flexibility index (Phi) is 11.4. The molecule has 0 N–H and O–H groups in total. The first kappa shape index (κ1) is 30.9. The monoisotopic (exact) mass is 564 g/mol. The summed E-state index contributed by atoms with van der Waals surface area (Å²) in [5.41, 5.74) is 0. The molecule has 0 aromatic heterocycles. The summed E-state index contributed by atoms with van der Waals surface area (Å²) in [6.07, 6.45) is 0. The van der Waals surface area contributed by atoms with E-state index in [1.165, 1.54) is 0 Å². The third-order valence-corrected chi connectivity index (χ3v) is 29.0. The molecule has 0 bridgehead atoms. The van der Waals surface area contributed by atoms with Crippen molar-refractivity contribution >= 4 is 51.9 Å². The van der Waals surface area contributed by atoms with E-state index in [2.05, 4.69) is 39.3 Å². The fourth-order valence-electron chi connectivity index (χ4n) is 4.24. The molecule has 1 fully saturated rings. The molecule has 0 aromatic rings. The van der Waals surface area contributed by atoms with Gasteiger partial charge in [-0.15, -0.1) is 0 Å². The lowest BCUT2D eigenvalue weighted by atomic mass is 10.9. The lowest BCUT2D eigenvalue weighted by molar-refractivity contribution is 0.123. The van der Waals surface area contributed by atoms with Crippen LogP contribution in [0.2, 0.25) is 63.5 Å². The van der Waals surface area contributed by atoms with E-state index in [-0.39, 0.29) is 0 Å². The first-order valence-electron chi connectivity index (χ1n) is 10.7. The fraction of sp³-hybridized carbons (Fsp3) is 1.00. The molecule has 1 aliphatic heterocycles. The minimum Gasteiger partial charge on any atom is -0.416 e. The lowest BCUT2D eigenvalue weighted by Gasteiger charge is -2.49. The van der Waals surface area contributed by atoms with E-state index in [0.717, 1.165) is 0 Å². The first-order valence-corrected chi connectivity index (χ1v) is 25.3. The van der Waals surface area contributed by atoms with Gasteiger partial charge in [0.15, 0.2) is 0 Å². The Morgan fingerprint density at radius 2 is 0.688 bits per heavy atom. The Morgan fingerprint density at radius 3 is 0.875 bits per heavy atom. The highest BCUT2D eigenvalue weighted by molar-refractivity contribution is 6.93. The van der Waals surface area contributed by atoms with Crippen LogP contribution in [-0.4, -0.2) is 94.5 Å². The van der Waals surface area contributed by atoms with Gasteiger partial charge in [0, 0.05) is 54.7 Å².